The molecule has 2 amide bonds. The summed E-state index contributed by atoms with van der Waals surface area (Å²) in [5.74, 6) is -0.638. The zero-order valence-corrected chi connectivity index (χ0v) is 17.0. The van der Waals surface area contributed by atoms with Gasteiger partial charge in [-0.05, 0) is 27.8 Å². The lowest BCUT2D eigenvalue weighted by atomic mass is 10.0. The number of nitrogens with two attached hydrogens (primary N) is 1. The number of carbonyl (C=O) groups excluding carboxylic acids is 2. The molecule has 6 nitrogen and oxygen atoms in total. The van der Waals surface area contributed by atoms with Gasteiger partial charge in [0.05, 0.1) is 12.1 Å². The normalized spacial score (nSPS) is 15.4. The summed E-state index contributed by atoms with van der Waals surface area (Å²) >= 11 is 1.31. The molecule has 0 spiro atoms. The van der Waals surface area contributed by atoms with Crippen LogP contribution in [0.1, 0.15) is 15.9 Å². The first-order valence-corrected chi connectivity index (χ1v) is 10.6. The first kappa shape index (κ1) is 19.6. The van der Waals surface area contributed by atoms with Crippen molar-refractivity contribution in [3.05, 3.63) is 65.0 Å². The van der Waals surface area contributed by atoms with Crippen molar-refractivity contribution in [2.45, 2.75) is 6.54 Å². The number of amides is 2. The predicted octanol–water partition coefficient (Wildman–Crippen LogP) is 2.76. The molecule has 0 unspecified atom stereocenters. The van der Waals surface area contributed by atoms with Crippen LogP contribution in [0.3, 0.4) is 0 Å². The van der Waals surface area contributed by atoms with Crippen molar-refractivity contribution in [3.63, 3.8) is 0 Å². The van der Waals surface area contributed by atoms with Crippen molar-refractivity contribution >= 4 is 38.9 Å². The second kappa shape index (κ2) is 8.73. The molecule has 150 valence electrons. The van der Waals surface area contributed by atoms with Gasteiger partial charge in [-0.2, -0.15) is 0 Å². The van der Waals surface area contributed by atoms with Gasteiger partial charge in [0.25, 0.3) is 5.91 Å². The van der Waals surface area contributed by atoms with E-state index in [0.717, 1.165) is 32.7 Å². The molecule has 0 bridgehead atoms. The number of rotatable bonds is 6. The molecule has 1 aliphatic rings. The largest absolute Gasteiger partial charge is 0.366 e. The number of hydrogen-bond acceptors (Lipinski definition) is 5. The van der Waals surface area contributed by atoms with Crippen LogP contribution in [0.15, 0.2) is 53.9 Å². The fourth-order valence-electron chi connectivity index (χ4n) is 3.75. The number of primary amides is 1. The van der Waals surface area contributed by atoms with Gasteiger partial charge in [0, 0.05) is 32.7 Å². The van der Waals surface area contributed by atoms with Crippen LogP contribution in [0.5, 0.6) is 0 Å². The Bertz CT molecular complexity index is 1020. The number of piperazine rings is 1. The molecule has 1 fully saturated rings. The Morgan fingerprint density at radius 1 is 0.966 bits per heavy atom. The van der Waals surface area contributed by atoms with E-state index in [1.54, 1.807) is 11.4 Å². The van der Waals surface area contributed by atoms with Gasteiger partial charge in [-0.25, -0.2) is 0 Å². The van der Waals surface area contributed by atoms with E-state index in [1.807, 2.05) is 0 Å². The molecule has 1 aromatic heterocycles. The maximum absolute atomic E-state index is 12.4. The maximum Gasteiger partial charge on any atom is 0.251 e. The molecule has 2 aromatic carbocycles. The highest BCUT2D eigenvalue weighted by Gasteiger charge is 2.20. The number of carbonyl (C=O) groups is 2. The van der Waals surface area contributed by atoms with E-state index in [4.69, 9.17) is 5.73 Å². The molecule has 29 heavy (non-hydrogen) atoms. The van der Waals surface area contributed by atoms with Crippen LogP contribution in [-0.4, -0.2) is 54.3 Å². The van der Waals surface area contributed by atoms with Crippen molar-refractivity contribution in [2.24, 2.45) is 5.73 Å². The van der Waals surface area contributed by atoms with E-state index in [0.29, 0.717) is 17.1 Å². The summed E-state index contributed by atoms with van der Waals surface area (Å²) in [5.41, 5.74) is 7.04. The van der Waals surface area contributed by atoms with Gasteiger partial charge in [0.2, 0.25) is 5.91 Å². The third-order valence-corrected chi connectivity index (χ3v) is 6.12. The zero-order chi connectivity index (χ0) is 20.2. The second-order valence-electron chi connectivity index (χ2n) is 7.27. The molecule has 7 heteroatoms. The molecule has 2 heterocycles. The van der Waals surface area contributed by atoms with E-state index in [2.05, 4.69) is 57.6 Å². The van der Waals surface area contributed by atoms with E-state index in [-0.39, 0.29) is 5.91 Å². The molecule has 3 aromatic rings. The smallest absolute Gasteiger partial charge is 0.251 e. The quantitative estimate of drug-likeness (QED) is 0.657. The number of benzene rings is 2. The van der Waals surface area contributed by atoms with Crippen LogP contribution in [0.2, 0.25) is 0 Å². The summed E-state index contributed by atoms with van der Waals surface area (Å²) in [6.45, 7) is 4.75. The van der Waals surface area contributed by atoms with Gasteiger partial charge in [-0.1, -0.05) is 42.5 Å². The molecule has 0 radical (unpaired) electrons. The SMILES string of the molecule is NC(=O)c1ccsc1NC(=O)CN1CCN(Cc2cccc3ccccc23)CC1. The number of anilines is 1. The van der Waals surface area contributed by atoms with Crippen molar-refractivity contribution < 1.29 is 9.59 Å². The summed E-state index contributed by atoms with van der Waals surface area (Å²) < 4.78 is 0. The Balaban J connectivity index is 1.30. The minimum Gasteiger partial charge on any atom is -0.366 e. The third kappa shape index (κ3) is 4.64. The van der Waals surface area contributed by atoms with Gasteiger partial charge >= 0.3 is 0 Å². The summed E-state index contributed by atoms with van der Waals surface area (Å²) in [6.07, 6.45) is 0. The van der Waals surface area contributed by atoms with Gasteiger partial charge in [-0.3, -0.25) is 19.4 Å². The summed E-state index contributed by atoms with van der Waals surface area (Å²) in [5, 5.41) is 7.66. The first-order valence-electron chi connectivity index (χ1n) is 9.68. The van der Waals surface area contributed by atoms with Crippen molar-refractivity contribution in [3.8, 4) is 0 Å². The van der Waals surface area contributed by atoms with Crippen LogP contribution in [0.4, 0.5) is 5.00 Å². The lowest BCUT2D eigenvalue weighted by Crippen LogP contribution is -2.48. The number of hydrogen-bond donors (Lipinski definition) is 2. The average Bonchev–Trinajstić information content (AvgIpc) is 3.18. The fraction of sp³-hybridized carbons (Fsp3) is 0.273. The van der Waals surface area contributed by atoms with Crippen LogP contribution in [0.25, 0.3) is 10.8 Å². The van der Waals surface area contributed by atoms with E-state index >= 15 is 0 Å². The molecule has 0 aliphatic carbocycles. The molecular formula is C22H24N4O2S. The standard InChI is InChI=1S/C22H24N4O2S/c23-21(28)19-8-13-29-22(19)24-20(27)15-26-11-9-25(10-12-26)14-17-6-3-5-16-4-1-2-7-18(16)17/h1-8,13H,9-12,14-15H2,(H2,23,28)(H,24,27). The average molecular weight is 409 g/mol. The predicted molar refractivity (Wildman–Crippen MR) is 117 cm³/mol. The number of fused-ring (bicyclic) bond motifs is 1. The second-order valence-corrected chi connectivity index (χ2v) is 8.18. The monoisotopic (exact) mass is 408 g/mol. The van der Waals surface area contributed by atoms with Gasteiger partial charge < -0.3 is 11.1 Å². The molecule has 3 N–H and O–H groups in total. The van der Waals surface area contributed by atoms with Crippen molar-refractivity contribution in [1.82, 2.24) is 9.80 Å². The van der Waals surface area contributed by atoms with Crippen LogP contribution < -0.4 is 11.1 Å². The molecule has 1 saturated heterocycles. The highest BCUT2D eigenvalue weighted by molar-refractivity contribution is 7.14. The Morgan fingerprint density at radius 3 is 2.48 bits per heavy atom. The minimum absolute atomic E-state index is 0.113. The highest BCUT2D eigenvalue weighted by atomic mass is 32.1. The lowest BCUT2D eigenvalue weighted by Gasteiger charge is -2.34. The van der Waals surface area contributed by atoms with Crippen molar-refractivity contribution in [1.29, 1.82) is 0 Å². The third-order valence-electron chi connectivity index (χ3n) is 5.29. The lowest BCUT2D eigenvalue weighted by molar-refractivity contribution is -0.117. The van der Waals surface area contributed by atoms with Crippen LogP contribution in [0, 0.1) is 0 Å². The van der Waals surface area contributed by atoms with Gasteiger partial charge in [-0.15, -0.1) is 11.3 Å². The number of nitrogens with one attached hydrogen (secondary N) is 1. The Morgan fingerprint density at radius 2 is 1.69 bits per heavy atom. The molecule has 0 saturated carbocycles. The maximum atomic E-state index is 12.4. The van der Waals surface area contributed by atoms with Gasteiger partial charge in [0.15, 0.2) is 0 Å². The highest BCUT2D eigenvalue weighted by Crippen LogP contribution is 2.23. The van der Waals surface area contributed by atoms with Crippen molar-refractivity contribution in [2.75, 3.05) is 38.0 Å². The first-order chi connectivity index (χ1) is 14.1. The number of nitrogens with zero attached hydrogens (tertiary/aromatic N) is 2. The van der Waals surface area contributed by atoms with Crippen LogP contribution >= 0.6 is 11.3 Å². The minimum atomic E-state index is -0.524. The van der Waals surface area contributed by atoms with Crippen LogP contribution in [-0.2, 0) is 11.3 Å². The molecule has 0 atom stereocenters. The van der Waals surface area contributed by atoms with E-state index < -0.39 is 5.91 Å². The fourth-order valence-corrected chi connectivity index (χ4v) is 4.55. The Labute approximate surface area is 173 Å². The summed E-state index contributed by atoms with van der Waals surface area (Å²) in [6, 6.07) is 16.6. The van der Waals surface area contributed by atoms with Gasteiger partial charge in [0.1, 0.15) is 5.00 Å². The summed E-state index contributed by atoms with van der Waals surface area (Å²) in [4.78, 5) is 28.3. The zero-order valence-electron chi connectivity index (χ0n) is 16.1. The molecule has 4 rings (SSSR count). The summed E-state index contributed by atoms with van der Waals surface area (Å²) in [7, 11) is 0. The van der Waals surface area contributed by atoms with E-state index in [1.165, 1.54) is 27.7 Å². The Hall–Kier alpha value is -2.74. The molecule has 1 aliphatic heterocycles. The topological polar surface area (TPSA) is 78.7 Å². The Kier molecular flexibility index (Phi) is 5.89. The number of thiophene rings is 1. The van der Waals surface area contributed by atoms with E-state index in [9.17, 15) is 9.59 Å². The molecular weight excluding hydrogens is 384 g/mol.